The van der Waals surface area contributed by atoms with E-state index in [2.05, 4.69) is 14.8 Å². The van der Waals surface area contributed by atoms with Crippen molar-refractivity contribution in [1.82, 2.24) is 9.97 Å². The lowest BCUT2D eigenvalue weighted by Gasteiger charge is -2.34. The number of aliphatic hydroxyl groups excluding tert-OH is 1. The molecule has 1 aromatic heterocycles. The first-order chi connectivity index (χ1) is 9.70. The summed E-state index contributed by atoms with van der Waals surface area (Å²) in [6.45, 7) is 3.92. The third kappa shape index (κ3) is 1.90. The van der Waals surface area contributed by atoms with E-state index in [0.29, 0.717) is 17.7 Å². The van der Waals surface area contributed by atoms with Gasteiger partial charge in [-0.2, -0.15) is 9.97 Å². The van der Waals surface area contributed by atoms with Crippen LogP contribution in [-0.4, -0.2) is 47.4 Å². The lowest BCUT2D eigenvalue weighted by Crippen LogP contribution is -2.39. The van der Waals surface area contributed by atoms with Crippen molar-refractivity contribution in [2.75, 3.05) is 41.7 Å². The van der Waals surface area contributed by atoms with E-state index in [0.717, 1.165) is 44.4 Å². The maximum absolute atomic E-state index is 9.77. The number of hydrogen-bond acceptors (Lipinski definition) is 6. The van der Waals surface area contributed by atoms with Gasteiger partial charge in [0.15, 0.2) is 0 Å². The van der Waals surface area contributed by atoms with Crippen LogP contribution in [0.25, 0.3) is 0 Å². The third-order valence-electron chi connectivity index (χ3n) is 4.96. The number of nitrogen functional groups attached to an aromatic ring is 1. The van der Waals surface area contributed by atoms with Crippen LogP contribution >= 0.6 is 0 Å². The topological polar surface area (TPSA) is 78.5 Å². The van der Waals surface area contributed by atoms with Gasteiger partial charge in [0.05, 0.1) is 6.10 Å². The molecule has 0 spiro atoms. The molecule has 2 aliphatic heterocycles. The summed E-state index contributed by atoms with van der Waals surface area (Å²) in [5, 5.41) is 9.77. The van der Waals surface area contributed by atoms with Gasteiger partial charge < -0.3 is 20.6 Å². The molecular formula is C14H21N5O. The summed E-state index contributed by atoms with van der Waals surface area (Å²) in [7, 11) is 0. The number of anilines is 3. The van der Waals surface area contributed by atoms with Gasteiger partial charge in [-0.3, -0.25) is 0 Å². The van der Waals surface area contributed by atoms with Crippen LogP contribution < -0.4 is 15.5 Å². The fraction of sp³-hybridized carbons (Fsp3) is 0.714. The van der Waals surface area contributed by atoms with E-state index in [-0.39, 0.29) is 6.10 Å². The molecule has 3 aliphatic rings. The van der Waals surface area contributed by atoms with Gasteiger partial charge >= 0.3 is 0 Å². The van der Waals surface area contributed by atoms with Crippen LogP contribution in [0.15, 0.2) is 6.07 Å². The zero-order valence-electron chi connectivity index (χ0n) is 11.6. The maximum atomic E-state index is 9.77. The van der Waals surface area contributed by atoms with E-state index < -0.39 is 0 Å². The Morgan fingerprint density at radius 1 is 1.15 bits per heavy atom. The molecule has 0 bridgehead atoms. The van der Waals surface area contributed by atoms with Crippen molar-refractivity contribution in [1.29, 1.82) is 0 Å². The van der Waals surface area contributed by atoms with Gasteiger partial charge in [-0.05, 0) is 25.2 Å². The monoisotopic (exact) mass is 275 g/mol. The Labute approximate surface area is 118 Å². The van der Waals surface area contributed by atoms with Crippen molar-refractivity contribution in [3.63, 3.8) is 0 Å². The SMILES string of the molecule is Nc1cc(N2C[C@H]3C[C@@H](O)[C@H]3C2)nc(N2CCCC2)n1. The fourth-order valence-corrected chi connectivity index (χ4v) is 3.72. The van der Waals surface area contributed by atoms with Gasteiger partial charge in [0.25, 0.3) is 0 Å². The van der Waals surface area contributed by atoms with Gasteiger partial charge in [0, 0.05) is 38.2 Å². The molecule has 3 fully saturated rings. The number of nitrogens with two attached hydrogens (primary N) is 1. The number of aromatic nitrogens is 2. The molecule has 1 saturated carbocycles. The van der Waals surface area contributed by atoms with E-state index in [1.54, 1.807) is 0 Å². The second-order valence-electron chi connectivity index (χ2n) is 6.28. The minimum atomic E-state index is -0.123. The van der Waals surface area contributed by atoms with Crippen LogP contribution in [-0.2, 0) is 0 Å². The van der Waals surface area contributed by atoms with Crippen molar-refractivity contribution >= 4 is 17.6 Å². The minimum absolute atomic E-state index is 0.123. The molecule has 6 nitrogen and oxygen atoms in total. The van der Waals surface area contributed by atoms with Crippen LogP contribution in [0.4, 0.5) is 17.6 Å². The van der Waals surface area contributed by atoms with E-state index in [1.165, 1.54) is 12.8 Å². The number of hydrogen-bond donors (Lipinski definition) is 2. The van der Waals surface area contributed by atoms with Crippen molar-refractivity contribution in [3.8, 4) is 0 Å². The maximum Gasteiger partial charge on any atom is 0.229 e. The Hall–Kier alpha value is -1.56. The largest absolute Gasteiger partial charge is 0.393 e. The predicted molar refractivity (Wildman–Crippen MR) is 77.7 cm³/mol. The molecule has 3 N–H and O–H groups in total. The molecule has 3 heterocycles. The molecule has 3 atom stereocenters. The highest BCUT2D eigenvalue weighted by Crippen LogP contribution is 2.42. The highest BCUT2D eigenvalue weighted by atomic mass is 16.3. The van der Waals surface area contributed by atoms with Crippen LogP contribution in [0.3, 0.4) is 0 Å². The average Bonchev–Trinajstić information content (AvgIpc) is 3.04. The summed E-state index contributed by atoms with van der Waals surface area (Å²) in [5.41, 5.74) is 5.95. The number of nitrogens with zero attached hydrogens (tertiary/aromatic N) is 4. The highest BCUT2D eigenvalue weighted by Gasteiger charge is 2.46. The predicted octanol–water partition coefficient (Wildman–Crippen LogP) is 0.476. The van der Waals surface area contributed by atoms with Crippen molar-refractivity contribution in [2.45, 2.75) is 25.4 Å². The van der Waals surface area contributed by atoms with Gasteiger partial charge in [-0.15, -0.1) is 0 Å². The minimum Gasteiger partial charge on any atom is -0.393 e. The highest BCUT2D eigenvalue weighted by molar-refractivity contribution is 5.53. The van der Waals surface area contributed by atoms with Crippen LogP contribution in [0.5, 0.6) is 0 Å². The van der Waals surface area contributed by atoms with Crippen LogP contribution in [0, 0.1) is 11.8 Å². The molecule has 1 aromatic rings. The second kappa shape index (κ2) is 4.48. The summed E-state index contributed by atoms with van der Waals surface area (Å²) in [4.78, 5) is 13.5. The summed E-state index contributed by atoms with van der Waals surface area (Å²) in [5.74, 6) is 3.26. The smallest absolute Gasteiger partial charge is 0.229 e. The Morgan fingerprint density at radius 2 is 1.95 bits per heavy atom. The first kappa shape index (κ1) is 12.2. The molecule has 0 aromatic carbocycles. The lowest BCUT2D eigenvalue weighted by atomic mass is 9.74. The first-order valence-corrected chi connectivity index (χ1v) is 7.53. The number of fused-ring (bicyclic) bond motifs is 1. The third-order valence-corrected chi connectivity index (χ3v) is 4.96. The van der Waals surface area contributed by atoms with Crippen LogP contribution in [0.1, 0.15) is 19.3 Å². The van der Waals surface area contributed by atoms with Gasteiger partial charge in [0.2, 0.25) is 5.95 Å². The molecule has 0 unspecified atom stereocenters. The summed E-state index contributed by atoms with van der Waals surface area (Å²) < 4.78 is 0. The van der Waals surface area contributed by atoms with E-state index in [4.69, 9.17) is 10.7 Å². The number of aliphatic hydroxyl groups is 1. The molecule has 20 heavy (non-hydrogen) atoms. The first-order valence-electron chi connectivity index (χ1n) is 7.53. The zero-order valence-corrected chi connectivity index (χ0v) is 11.6. The summed E-state index contributed by atoms with van der Waals surface area (Å²) >= 11 is 0. The molecule has 2 saturated heterocycles. The Kier molecular flexibility index (Phi) is 2.73. The Balaban J connectivity index is 1.58. The molecule has 108 valence electrons. The van der Waals surface area contributed by atoms with Gasteiger partial charge in [-0.25, -0.2) is 0 Å². The lowest BCUT2D eigenvalue weighted by molar-refractivity contribution is -0.00398. The van der Waals surface area contributed by atoms with E-state index in [9.17, 15) is 5.11 Å². The molecule has 0 amide bonds. The van der Waals surface area contributed by atoms with Gasteiger partial charge in [0.1, 0.15) is 11.6 Å². The second-order valence-corrected chi connectivity index (χ2v) is 6.28. The van der Waals surface area contributed by atoms with E-state index in [1.807, 2.05) is 6.07 Å². The van der Waals surface area contributed by atoms with Gasteiger partial charge in [-0.1, -0.05) is 0 Å². The van der Waals surface area contributed by atoms with E-state index >= 15 is 0 Å². The fourth-order valence-electron chi connectivity index (χ4n) is 3.72. The molecule has 4 rings (SSSR count). The Morgan fingerprint density at radius 3 is 2.65 bits per heavy atom. The quantitative estimate of drug-likeness (QED) is 0.817. The van der Waals surface area contributed by atoms with Crippen molar-refractivity contribution in [2.24, 2.45) is 11.8 Å². The summed E-state index contributed by atoms with van der Waals surface area (Å²) in [6.07, 6.45) is 3.21. The van der Waals surface area contributed by atoms with Crippen LogP contribution in [0.2, 0.25) is 0 Å². The average molecular weight is 275 g/mol. The Bertz CT molecular complexity index is 516. The zero-order chi connectivity index (χ0) is 13.7. The van der Waals surface area contributed by atoms with Crippen molar-refractivity contribution in [3.05, 3.63) is 6.07 Å². The number of rotatable bonds is 2. The summed E-state index contributed by atoms with van der Waals surface area (Å²) in [6, 6.07) is 1.86. The molecular weight excluding hydrogens is 254 g/mol. The molecule has 6 heteroatoms. The standard InChI is InChI=1S/C14H21N5O/c15-12-6-13(17-14(16-12)18-3-1-2-4-18)19-7-9-5-11(20)10(9)8-19/h6,9-11,20H,1-5,7-8H2,(H2,15,16,17)/t9-,10+,11-/m1/s1. The molecule has 1 aliphatic carbocycles. The van der Waals surface area contributed by atoms with Crippen molar-refractivity contribution < 1.29 is 5.11 Å². The normalized spacial score (nSPS) is 32.4. The molecule has 0 radical (unpaired) electrons.